The lowest BCUT2D eigenvalue weighted by Crippen LogP contribution is -2.29. The third-order valence-electron chi connectivity index (χ3n) is 4.78. The number of allylic oxidation sites excluding steroid dienone is 1. The van der Waals surface area contributed by atoms with E-state index in [1.54, 1.807) is 29.3 Å². The average molecular weight is 419 g/mol. The number of nitrogens with two attached hydrogens (primary N) is 1. The van der Waals surface area contributed by atoms with Gasteiger partial charge in [0, 0.05) is 24.9 Å². The maximum Gasteiger partial charge on any atom is 0.209 e. The van der Waals surface area contributed by atoms with Crippen molar-refractivity contribution < 1.29 is 9.23 Å². The minimum Gasteiger partial charge on any atom is -0.405 e. The van der Waals surface area contributed by atoms with E-state index in [9.17, 15) is 9.18 Å². The van der Waals surface area contributed by atoms with Gasteiger partial charge in [-0.05, 0) is 49.4 Å². The molecular weight excluding hydrogens is 397 g/mol. The van der Waals surface area contributed by atoms with E-state index in [4.69, 9.17) is 10.6 Å². The van der Waals surface area contributed by atoms with E-state index in [0.29, 0.717) is 24.5 Å². The van der Waals surface area contributed by atoms with E-state index in [0.717, 1.165) is 12.8 Å². The number of para-hydroxylation sites is 1. The number of aliphatic imine (C=N–C) groups is 1. The van der Waals surface area contributed by atoms with Gasteiger partial charge < -0.3 is 5.73 Å². The van der Waals surface area contributed by atoms with Crippen LogP contribution in [0.15, 0.2) is 82.9 Å². The summed E-state index contributed by atoms with van der Waals surface area (Å²) in [5.41, 5.74) is 7.05. The summed E-state index contributed by atoms with van der Waals surface area (Å²) >= 11 is 0. The highest BCUT2D eigenvalue weighted by Gasteiger charge is 2.16. The molecule has 1 aliphatic heterocycles. The molecule has 0 spiro atoms. The molecule has 0 unspecified atom stereocenters. The van der Waals surface area contributed by atoms with Crippen LogP contribution in [0.5, 0.6) is 0 Å². The van der Waals surface area contributed by atoms with Gasteiger partial charge in [0.1, 0.15) is 5.69 Å². The minimum atomic E-state index is -0.482. The Balaban J connectivity index is 1.72. The van der Waals surface area contributed by atoms with Crippen LogP contribution in [-0.2, 0) is 4.84 Å². The van der Waals surface area contributed by atoms with Gasteiger partial charge >= 0.3 is 0 Å². The molecule has 0 aliphatic carbocycles. The van der Waals surface area contributed by atoms with Crippen molar-refractivity contribution in [1.82, 2.24) is 9.78 Å². The Labute approximate surface area is 178 Å². The molecule has 3 aromatic rings. The Morgan fingerprint density at radius 1 is 1.16 bits per heavy atom. The monoisotopic (exact) mass is 419 g/mol. The standard InChI is InChI=1S/C23H22FN5O2/c24-19-16-18(29-13-4-5-15-31-29)8-9-21(19)28-14-11-22(30)23(27-28)20(10-12-25)26-17-6-2-1-3-7-17/h1-3,6-12,14,16H,4-5,13,15,25H2. The van der Waals surface area contributed by atoms with E-state index in [1.165, 1.54) is 35.3 Å². The molecule has 0 bridgehead atoms. The number of halogens is 1. The number of anilines is 1. The maximum absolute atomic E-state index is 14.9. The quantitative estimate of drug-likeness (QED) is 0.640. The van der Waals surface area contributed by atoms with Gasteiger partial charge in [0.05, 0.1) is 23.7 Å². The van der Waals surface area contributed by atoms with Crippen molar-refractivity contribution >= 4 is 17.1 Å². The Morgan fingerprint density at radius 2 is 2.00 bits per heavy atom. The summed E-state index contributed by atoms with van der Waals surface area (Å²) < 4.78 is 16.3. The van der Waals surface area contributed by atoms with Crippen LogP contribution in [0.3, 0.4) is 0 Å². The predicted molar refractivity (Wildman–Crippen MR) is 118 cm³/mol. The summed E-state index contributed by atoms with van der Waals surface area (Å²) in [4.78, 5) is 22.6. The third kappa shape index (κ3) is 4.70. The normalized spacial score (nSPS) is 14.9. The molecule has 1 aliphatic rings. The number of nitrogens with zero attached hydrogens (tertiary/aromatic N) is 4. The highest BCUT2D eigenvalue weighted by Crippen LogP contribution is 2.23. The first kappa shape index (κ1) is 20.5. The zero-order valence-electron chi connectivity index (χ0n) is 16.8. The summed E-state index contributed by atoms with van der Waals surface area (Å²) in [6.45, 7) is 1.33. The Hall–Kier alpha value is -3.78. The molecule has 0 atom stereocenters. The first-order chi connectivity index (χ1) is 15.2. The predicted octanol–water partition coefficient (Wildman–Crippen LogP) is 3.50. The van der Waals surface area contributed by atoms with Crippen LogP contribution >= 0.6 is 0 Å². The molecule has 31 heavy (non-hydrogen) atoms. The van der Waals surface area contributed by atoms with Crippen molar-refractivity contribution in [3.8, 4) is 5.69 Å². The average Bonchev–Trinajstić information content (AvgIpc) is 2.80. The number of rotatable bonds is 5. The fourth-order valence-corrected chi connectivity index (χ4v) is 3.26. The van der Waals surface area contributed by atoms with Gasteiger partial charge in [-0.1, -0.05) is 18.2 Å². The molecule has 2 heterocycles. The molecule has 0 radical (unpaired) electrons. The SMILES string of the molecule is NC=CC(=Nc1ccccc1)c1nn(-c2ccc(N3CCCCO3)cc2F)ccc1=O. The number of hydrogen-bond acceptors (Lipinski definition) is 6. The smallest absolute Gasteiger partial charge is 0.209 e. The maximum atomic E-state index is 14.9. The van der Waals surface area contributed by atoms with Gasteiger partial charge in [-0.2, -0.15) is 5.10 Å². The van der Waals surface area contributed by atoms with E-state index < -0.39 is 5.82 Å². The molecule has 158 valence electrons. The molecule has 4 rings (SSSR count). The second kappa shape index (κ2) is 9.36. The summed E-state index contributed by atoms with van der Waals surface area (Å²) in [5, 5.41) is 6.03. The summed E-state index contributed by atoms with van der Waals surface area (Å²) in [6.07, 6.45) is 6.19. The van der Waals surface area contributed by atoms with Crippen molar-refractivity contribution in [2.75, 3.05) is 18.2 Å². The lowest BCUT2D eigenvalue weighted by molar-refractivity contribution is 0.0777. The molecule has 1 aromatic heterocycles. The van der Waals surface area contributed by atoms with Gasteiger partial charge in [0.25, 0.3) is 0 Å². The van der Waals surface area contributed by atoms with Crippen LogP contribution in [0.1, 0.15) is 18.5 Å². The lowest BCUT2D eigenvalue weighted by atomic mass is 10.2. The number of aromatic nitrogens is 2. The summed E-state index contributed by atoms with van der Waals surface area (Å²) in [7, 11) is 0. The first-order valence-electron chi connectivity index (χ1n) is 9.98. The minimum absolute atomic E-state index is 0.0656. The zero-order valence-corrected chi connectivity index (χ0v) is 16.8. The fraction of sp³-hybridized carbons (Fsp3) is 0.174. The first-order valence-corrected chi connectivity index (χ1v) is 9.98. The second-order valence-corrected chi connectivity index (χ2v) is 6.94. The van der Waals surface area contributed by atoms with Crippen molar-refractivity contribution in [1.29, 1.82) is 0 Å². The Kier molecular flexibility index (Phi) is 6.18. The van der Waals surface area contributed by atoms with Crippen LogP contribution in [0.25, 0.3) is 5.69 Å². The number of benzene rings is 2. The van der Waals surface area contributed by atoms with Crippen LogP contribution in [0.2, 0.25) is 0 Å². The van der Waals surface area contributed by atoms with Crippen LogP contribution < -0.4 is 16.2 Å². The van der Waals surface area contributed by atoms with Crippen molar-refractivity contribution in [3.05, 3.63) is 94.8 Å². The molecule has 0 saturated carbocycles. The van der Waals surface area contributed by atoms with E-state index in [1.807, 2.05) is 18.2 Å². The van der Waals surface area contributed by atoms with Crippen LogP contribution in [0.4, 0.5) is 15.8 Å². The van der Waals surface area contributed by atoms with Crippen molar-refractivity contribution in [2.45, 2.75) is 12.8 Å². The topological polar surface area (TPSA) is 85.7 Å². The van der Waals surface area contributed by atoms with Gasteiger partial charge in [0.2, 0.25) is 5.43 Å². The van der Waals surface area contributed by atoms with E-state index in [-0.39, 0.29) is 22.5 Å². The highest BCUT2D eigenvalue weighted by atomic mass is 19.1. The second-order valence-electron chi connectivity index (χ2n) is 6.94. The summed E-state index contributed by atoms with van der Waals surface area (Å²) in [5.74, 6) is -0.482. The zero-order chi connectivity index (χ0) is 21.6. The molecular formula is C23H22FN5O2. The van der Waals surface area contributed by atoms with Gasteiger partial charge in [-0.3, -0.25) is 14.7 Å². The molecule has 2 aromatic carbocycles. The molecule has 1 fully saturated rings. The highest BCUT2D eigenvalue weighted by molar-refractivity contribution is 6.08. The van der Waals surface area contributed by atoms with Crippen LogP contribution in [-0.4, -0.2) is 28.6 Å². The lowest BCUT2D eigenvalue weighted by Gasteiger charge is -2.28. The van der Waals surface area contributed by atoms with Gasteiger partial charge in [0.15, 0.2) is 11.5 Å². The molecule has 2 N–H and O–H groups in total. The third-order valence-corrected chi connectivity index (χ3v) is 4.78. The fourth-order valence-electron chi connectivity index (χ4n) is 3.26. The molecule has 0 amide bonds. The number of hydrogen-bond donors (Lipinski definition) is 1. The van der Waals surface area contributed by atoms with Crippen LogP contribution in [0, 0.1) is 5.82 Å². The van der Waals surface area contributed by atoms with Gasteiger partial charge in [-0.15, -0.1) is 0 Å². The summed E-state index contributed by atoms with van der Waals surface area (Å²) in [6, 6.07) is 15.2. The number of hydroxylamine groups is 1. The Morgan fingerprint density at radius 3 is 2.71 bits per heavy atom. The Bertz CT molecular complexity index is 1170. The molecule has 1 saturated heterocycles. The van der Waals surface area contributed by atoms with Crippen molar-refractivity contribution in [2.24, 2.45) is 10.7 Å². The molecule has 8 heteroatoms. The van der Waals surface area contributed by atoms with E-state index >= 15 is 0 Å². The van der Waals surface area contributed by atoms with Gasteiger partial charge in [-0.25, -0.2) is 14.1 Å². The van der Waals surface area contributed by atoms with E-state index in [2.05, 4.69) is 10.1 Å². The largest absolute Gasteiger partial charge is 0.405 e. The molecule has 7 nitrogen and oxygen atoms in total. The van der Waals surface area contributed by atoms with Crippen molar-refractivity contribution in [3.63, 3.8) is 0 Å².